The van der Waals surface area contributed by atoms with Crippen LogP contribution in [0.2, 0.25) is 5.02 Å². The summed E-state index contributed by atoms with van der Waals surface area (Å²) in [7, 11) is 1.63. The van der Waals surface area contributed by atoms with Crippen molar-refractivity contribution in [2.75, 3.05) is 18.0 Å². The summed E-state index contributed by atoms with van der Waals surface area (Å²) >= 11 is 6.46. The highest BCUT2D eigenvalue weighted by atomic mass is 35.5. The summed E-state index contributed by atoms with van der Waals surface area (Å²) in [5.74, 6) is -0.215. The number of imidazole rings is 1. The zero-order valence-electron chi connectivity index (χ0n) is 18.6. The van der Waals surface area contributed by atoms with Crippen LogP contribution in [0, 0.1) is 5.82 Å². The molecule has 0 amide bonds. The van der Waals surface area contributed by atoms with E-state index >= 15 is 0 Å². The molecule has 2 aromatic heterocycles. The van der Waals surface area contributed by atoms with E-state index in [2.05, 4.69) is 4.98 Å². The van der Waals surface area contributed by atoms with Crippen LogP contribution in [0.1, 0.15) is 0 Å². The molecule has 2 aromatic carbocycles. The van der Waals surface area contributed by atoms with Gasteiger partial charge in [0.1, 0.15) is 17.4 Å². The standard InChI is InChI=1S/C25H22ClFN4O4/c1-29-6-7-31(25(29)35)20-3-2-14(8-19(20)26)17-10-16(27)11-18(24(17)34)15-4-5-28-23(9-15)30-12-21(32)22(33)13-30/h2-11,21-22,32-34H,12-13H2,1H3/t21-,22-/m1/s1. The van der Waals surface area contributed by atoms with Crippen LogP contribution in [-0.2, 0) is 7.05 Å². The molecule has 180 valence electrons. The van der Waals surface area contributed by atoms with Crippen molar-refractivity contribution in [2.24, 2.45) is 7.05 Å². The smallest absolute Gasteiger partial charge is 0.332 e. The number of anilines is 1. The minimum Gasteiger partial charge on any atom is -0.507 e. The first kappa shape index (κ1) is 23.1. The summed E-state index contributed by atoms with van der Waals surface area (Å²) in [6.07, 6.45) is 2.97. The third kappa shape index (κ3) is 4.18. The highest BCUT2D eigenvalue weighted by Crippen LogP contribution is 2.41. The van der Waals surface area contributed by atoms with Gasteiger partial charge in [0.15, 0.2) is 0 Å². The summed E-state index contributed by atoms with van der Waals surface area (Å²) in [4.78, 5) is 18.3. The number of pyridine rings is 1. The number of rotatable bonds is 4. The highest BCUT2D eigenvalue weighted by molar-refractivity contribution is 6.32. The van der Waals surface area contributed by atoms with Crippen molar-refractivity contribution in [2.45, 2.75) is 12.2 Å². The molecule has 35 heavy (non-hydrogen) atoms. The van der Waals surface area contributed by atoms with Gasteiger partial charge >= 0.3 is 5.69 Å². The largest absolute Gasteiger partial charge is 0.507 e. The van der Waals surface area contributed by atoms with Gasteiger partial charge in [0, 0.05) is 49.9 Å². The first-order chi connectivity index (χ1) is 16.7. The van der Waals surface area contributed by atoms with Gasteiger partial charge in [-0.3, -0.25) is 4.57 Å². The Kier molecular flexibility index (Phi) is 5.84. The van der Waals surface area contributed by atoms with Gasteiger partial charge in [-0.15, -0.1) is 0 Å². The lowest BCUT2D eigenvalue weighted by Gasteiger charge is -2.18. The van der Waals surface area contributed by atoms with Crippen molar-refractivity contribution >= 4 is 17.4 Å². The number of hydrogen-bond acceptors (Lipinski definition) is 6. The summed E-state index contributed by atoms with van der Waals surface area (Å²) in [5, 5.41) is 31.1. The maximum absolute atomic E-state index is 14.7. The predicted molar refractivity (Wildman–Crippen MR) is 131 cm³/mol. The summed E-state index contributed by atoms with van der Waals surface area (Å²) in [6, 6.07) is 10.6. The second-order valence-corrected chi connectivity index (χ2v) is 8.93. The van der Waals surface area contributed by atoms with E-state index in [1.807, 2.05) is 0 Å². The van der Waals surface area contributed by atoms with Gasteiger partial charge in [-0.1, -0.05) is 17.7 Å². The quantitative estimate of drug-likeness (QED) is 0.401. The lowest BCUT2D eigenvalue weighted by Crippen LogP contribution is -2.22. The van der Waals surface area contributed by atoms with Crippen molar-refractivity contribution in [3.05, 3.63) is 82.4 Å². The molecule has 0 radical (unpaired) electrons. The monoisotopic (exact) mass is 496 g/mol. The van der Waals surface area contributed by atoms with Crippen molar-refractivity contribution in [1.29, 1.82) is 0 Å². The first-order valence-corrected chi connectivity index (χ1v) is 11.2. The zero-order chi connectivity index (χ0) is 24.9. The first-order valence-electron chi connectivity index (χ1n) is 10.9. The van der Waals surface area contributed by atoms with Crippen LogP contribution in [0.4, 0.5) is 10.2 Å². The SMILES string of the molecule is Cn1ccn(-c2ccc(-c3cc(F)cc(-c4ccnc(N5C[C@@H](O)[C@H](O)C5)c4)c3O)cc2Cl)c1=O. The predicted octanol–water partition coefficient (Wildman–Crippen LogP) is 2.94. The number of β-amino-alcohol motifs (C(OH)–C–C–N with tert-alkyl or cyclic N) is 2. The van der Waals surface area contributed by atoms with Crippen LogP contribution in [-0.4, -0.2) is 54.7 Å². The summed E-state index contributed by atoms with van der Waals surface area (Å²) in [5.41, 5.74) is 1.68. The fraction of sp³-hybridized carbons (Fsp3) is 0.200. The Hall–Kier alpha value is -3.66. The average molecular weight is 497 g/mol. The number of aromatic nitrogens is 3. The Bertz CT molecular complexity index is 1470. The fourth-order valence-electron chi connectivity index (χ4n) is 4.27. The Morgan fingerprint density at radius 3 is 2.26 bits per heavy atom. The second kappa shape index (κ2) is 8.84. The molecular weight excluding hydrogens is 475 g/mol. The number of nitrogens with zero attached hydrogens (tertiary/aromatic N) is 4. The molecule has 3 heterocycles. The minimum absolute atomic E-state index is 0.147. The number of aromatic hydroxyl groups is 1. The van der Waals surface area contributed by atoms with Crippen molar-refractivity contribution < 1.29 is 19.7 Å². The van der Waals surface area contributed by atoms with Gasteiger partial charge in [-0.2, -0.15) is 0 Å². The van der Waals surface area contributed by atoms with Crippen molar-refractivity contribution in [3.8, 4) is 33.7 Å². The number of hydrogen-bond donors (Lipinski definition) is 3. The highest BCUT2D eigenvalue weighted by Gasteiger charge is 2.30. The number of aryl methyl sites for hydroxylation is 1. The molecule has 2 atom stereocenters. The van der Waals surface area contributed by atoms with Crippen LogP contribution < -0.4 is 10.6 Å². The van der Waals surface area contributed by atoms with Gasteiger partial charge in [0.05, 0.1) is 22.9 Å². The normalized spacial score (nSPS) is 17.8. The molecule has 0 unspecified atom stereocenters. The average Bonchev–Trinajstić information content (AvgIpc) is 3.35. The van der Waals surface area contributed by atoms with Crippen molar-refractivity contribution in [1.82, 2.24) is 14.1 Å². The number of aliphatic hydroxyl groups excluding tert-OH is 2. The second-order valence-electron chi connectivity index (χ2n) is 8.52. The molecule has 8 nitrogen and oxygen atoms in total. The number of aliphatic hydroxyl groups is 2. The molecular formula is C25H22ClFN4O4. The van der Waals surface area contributed by atoms with Gasteiger partial charge in [0.25, 0.3) is 0 Å². The van der Waals surface area contributed by atoms with E-state index in [1.165, 1.54) is 27.5 Å². The van der Waals surface area contributed by atoms with Crippen LogP contribution in [0.3, 0.4) is 0 Å². The van der Waals surface area contributed by atoms with Crippen molar-refractivity contribution in [3.63, 3.8) is 0 Å². The lowest BCUT2D eigenvalue weighted by molar-refractivity contribution is 0.0572. The molecule has 1 saturated heterocycles. The lowest BCUT2D eigenvalue weighted by atomic mass is 9.97. The van der Waals surface area contributed by atoms with E-state index in [1.54, 1.807) is 54.7 Å². The van der Waals surface area contributed by atoms with Gasteiger partial charge in [-0.25, -0.2) is 14.2 Å². The number of phenols is 1. The third-order valence-corrected chi connectivity index (χ3v) is 6.48. The molecule has 0 spiro atoms. The molecule has 0 bridgehead atoms. The van der Waals surface area contributed by atoms with E-state index in [0.717, 1.165) is 0 Å². The maximum Gasteiger partial charge on any atom is 0.332 e. The fourth-order valence-corrected chi connectivity index (χ4v) is 4.54. The van der Waals surface area contributed by atoms with Crippen LogP contribution in [0.5, 0.6) is 5.75 Å². The van der Waals surface area contributed by atoms with Gasteiger partial charge < -0.3 is 24.8 Å². The van der Waals surface area contributed by atoms with Gasteiger partial charge in [-0.05, 0) is 47.5 Å². The summed E-state index contributed by atoms with van der Waals surface area (Å²) in [6.45, 7) is 0.431. The number of benzene rings is 2. The van der Waals surface area contributed by atoms with E-state index in [0.29, 0.717) is 22.6 Å². The molecule has 1 aliphatic heterocycles. The van der Waals surface area contributed by atoms with E-state index in [4.69, 9.17) is 11.6 Å². The molecule has 0 saturated carbocycles. The molecule has 0 aliphatic carbocycles. The molecule has 1 fully saturated rings. The molecule has 5 rings (SSSR count). The topological polar surface area (TPSA) is 104 Å². The van der Waals surface area contributed by atoms with Crippen LogP contribution in [0.25, 0.3) is 27.9 Å². The molecule has 10 heteroatoms. The van der Waals surface area contributed by atoms with E-state index < -0.39 is 18.0 Å². The Morgan fingerprint density at radius 2 is 1.66 bits per heavy atom. The van der Waals surface area contributed by atoms with Crippen LogP contribution in [0.15, 0.2) is 65.8 Å². The Morgan fingerprint density at radius 1 is 1.00 bits per heavy atom. The van der Waals surface area contributed by atoms with E-state index in [9.17, 15) is 24.5 Å². The molecule has 1 aliphatic rings. The Balaban J connectivity index is 1.54. The van der Waals surface area contributed by atoms with Crippen LogP contribution >= 0.6 is 11.6 Å². The summed E-state index contributed by atoms with van der Waals surface area (Å²) < 4.78 is 17.5. The third-order valence-electron chi connectivity index (χ3n) is 6.18. The number of phenolic OH excluding ortho intramolecular Hbond substituents is 1. The number of halogens is 2. The minimum atomic E-state index is -0.880. The van der Waals surface area contributed by atoms with E-state index in [-0.39, 0.29) is 40.7 Å². The maximum atomic E-state index is 14.7. The van der Waals surface area contributed by atoms with Gasteiger partial charge in [0.2, 0.25) is 0 Å². The molecule has 4 aromatic rings. The zero-order valence-corrected chi connectivity index (χ0v) is 19.4. The Labute approximate surface area is 204 Å². The molecule has 3 N–H and O–H groups in total.